The molecular weight excluding hydrogens is 224 g/mol. The Bertz CT molecular complexity index is 413. The Morgan fingerprint density at radius 1 is 1.33 bits per heavy atom. The Morgan fingerprint density at radius 3 is 3.00 bits per heavy atom. The van der Waals surface area contributed by atoms with Crippen LogP contribution in [0.15, 0.2) is 18.2 Å². The summed E-state index contributed by atoms with van der Waals surface area (Å²) in [4.78, 5) is 2.48. The van der Waals surface area contributed by atoms with E-state index in [1.165, 1.54) is 36.1 Å². The maximum absolute atomic E-state index is 5.43. The van der Waals surface area contributed by atoms with E-state index in [9.17, 15) is 0 Å². The van der Waals surface area contributed by atoms with Crippen LogP contribution in [0.25, 0.3) is 0 Å². The molecule has 0 amide bonds. The van der Waals surface area contributed by atoms with Gasteiger partial charge in [0.2, 0.25) is 0 Å². The molecule has 0 atom stereocenters. The predicted molar refractivity (Wildman–Crippen MR) is 73.9 cm³/mol. The quantitative estimate of drug-likeness (QED) is 0.885. The molecule has 0 unspecified atom stereocenters. The molecule has 2 aliphatic rings. The van der Waals surface area contributed by atoms with Crippen LogP contribution in [0, 0.1) is 0 Å². The lowest BCUT2D eigenvalue weighted by Gasteiger charge is -2.31. The first-order chi connectivity index (χ1) is 8.83. The summed E-state index contributed by atoms with van der Waals surface area (Å²) >= 11 is 0. The van der Waals surface area contributed by atoms with Crippen molar-refractivity contribution in [2.24, 2.45) is 0 Å². The van der Waals surface area contributed by atoms with Gasteiger partial charge in [0.1, 0.15) is 0 Å². The molecule has 1 N–H and O–H groups in total. The molecule has 1 aromatic rings. The van der Waals surface area contributed by atoms with E-state index in [1.807, 2.05) is 0 Å². The maximum atomic E-state index is 5.43. The van der Waals surface area contributed by atoms with Crippen LogP contribution in [-0.4, -0.2) is 37.7 Å². The van der Waals surface area contributed by atoms with Gasteiger partial charge in [0.25, 0.3) is 0 Å². The minimum atomic E-state index is 0.685. The first-order valence-corrected chi connectivity index (χ1v) is 6.96. The lowest BCUT2D eigenvalue weighted by molar-refractivity contribution is 0.0407. The van der Waals surface area contributed by atoms with Gasteiger partial charge < -0.3 is 10.1 Å². The van der Waals surface area contributed by atoms with Crippen LogP contribution in [0.1, 0.15) is 24.0 Å². The lowest BCUT2D eigenvalue weighted by atomic mass is 10.0. The van der Waals surface area contributed by atoms with Crippen LogP contribution in [0.5, 0.6) is 0 Å². The molecule has 0 saturated carbocycles. The molecule has 18 heavy (non-hydrogen) atoms. The van der Waals surface area contributed by atoms with Crippen LogP contribution in [0.3, 0.4) is 0 Å². The van der Waals surface area contributed by atoms with Gasteiger partial charge in [-0.1, -0.05) is 12.1 Å². The second kappa shape index (κ2) is 5.29. The van der Waals surface area contributed by atoms with Crippen molar-refractivity contribution in [3.8, 4) is 0 Å². The van der Waals surface area contributed by atoms with Crippen LogP contribution >= 0.6 is 0 Å². The molecule has 0 aliphatic carbocycles. The smallest absolute Gasteiger partial charge is 0.0480 e. The van der Waals surface area contributed by atoms with Crippen molar-refractivity contribution in [1.29, 1.82) is 0 Å². The van der Waals surface area contributed by atoms with Gasteiger partial charge in [-0.2, -0.15) is 0 Å². The van der Waals surface area contributed by atoms with E-state index in [1.54, 1.807) is 0 Å². The summed E-state index contributed by atoms with van der Waals surface area (Å²) in [6.07, 6.45) is 3.51. The fourth-order valence-corrected chi connectivity index (χ4v) is 3.00. The van der Waals surface area contributed by atoms with E-state index in [0.29, 0.717) is 6.04 Å². The average Bonchev–Trinajstić information content (AvgIpc) is 2.87. The fraction of sp³-hybridized carbons (Fsp3) is 0.600. The van der Waals surface area contributed by atoms with Crippen molar-refractivity contribution in [3.05, 3.63) is 29.3 Å². The zero-order valence-corrected chi connectivity index (χ0v) is 11.1. The van der Waals surface area contributed by atoms with Crippen molar-refractivity contribution >= 4 is 5.69 Å². The summed E-state index contributed by atoms with van der Waals surface area (Å²) in [5, 5.41) is 3.41. The third-order valence-corrected chi connectivity index (χ3v) is 4.13. The van der Waals surface area contributed by atoms with Crippen LogP contribution in [0.4, 0.5) is 5.69 Å². The second-order valence-electron chi connectivity index (χ2n) is 5.43. The minimum absolute atomic E-state index is 0.685. The van der Waals surface area contributed by atoms with Crippen molar-refractivity contribution in [1.82, 2.24) is 4.90 Å². The molecular formula is C15H22N2O. The fourth-order valence-electron chi connectivity index (χ4n) is 3.00. The van der Waals surface area contributed by atoms with E-state index < -0.39 is 0 Å². The number of nitrogens with zero attached hydrogens (tertiary/aromatic N) is 1. The number of benzene rings is 1. The number of hydrogen-bond acceptors (Lipinski definition) is 3. The summed E-state index contributed by atoms with van der Waals surface area (Å²) in [7, 11) is 2.24. The number of anilines is 1. The van der Waals surface area contributed by atoms with Gasteiger partial charge in [-0.25, -0.2) is 0 Å². The van der Waals surface area contributed by atoms with Crippen molar-refractivity contribution in [3.63, 3.8) is 0 Å². The lowest BCUT2D eigenvalue weighted by Crippen LogP contribution is -2.36. The molecule has 98 valence electrons. The van der Waals surface area contributed by atoms with Gasteiger partial charge in [-0.15, -0.1) is 0 Å². The summed E-state index contributed by atoms with van der Waals surface area (Å²) < 4.78 is 5.43. The third kappa shape index (κ3) is 2.52. The zero-order valence-electron chi connectivity index (χ0n) is 11.1. The van der Waals surface area contributed by atoms with Crippen molar-refractivity contribution in [2.45, 2.75) is 31.8 Å². The predicted octanol–water partition coefficient (Wildman–Crippen LogP) is 2.27. The van der Waals surface area contributed by atoms with E-state index >= 15 is 0 Å². The molecule has 2 heterocycles. The Kier molecular flexibility index (Phi) is 3.52. The average molecular weight is 246 g/mol. The summed E-state index contributed by atoms with van der Waals surface area (Å²) in [6.45, 7) is 3.98. The Balaban J connectivity index is 1.64. The molecule has 1 fully saturated rings. The van der Waals surface area contributed by atoms with Crippen molar-refractivity contribution in [2.75, 3.05) is 32.1 Å². The van der Waals surface area contributed by atoms with Gasteiger partial charge in [-0.05, 0) is 43.5 Å². The SMILES string of the molecule is CN(Cc1ccc2c(c1)CCN2)C1CCOCC1. The number of nitrogens with one attached hydrogen (secondary N) is 1. The zero-order chi connectivity index (χ0) is 12.4. The second-order valence-corrected chi connectivity index (χ2v) is 5.43. The number of hydrogen-bond donors (Lipinski definition) is 1. The normalized spacial score (nSPS) is 19.9. The van der Waals surface area contributed by atoms with Gasteiger partial charge >= 0.3 is 0 Å². The molecule has 0 spiro atoms. The van der Waals surface area contributed by atoms with Gasteiger partial charge in [0, 0.05) is 38.0 Å². The van der Waals surface area contributed by atoms with Gasteiger partial charge in [0.05, 0.1) is 0 Å². The monoisotopic (exact) mass is 246 g/mol. The molecule has 1 aromatic carbocycles. The van der Waals surface area contributed by atoms with Gasteiger partial charge in [-0.3, -0.25) is 4.90 Å². The molecule has 2 aliphatic heterocycles. The highest BCUT2D eigenvalue weighted by molar-refractivity contribution is 5.56. The Labute approximate surface area is 109 Å². The number of rotatable bonds is 3. The molecule has 3 nitrogen and oxygen atoms in total. The number of fused-ring (bicyclic) bond motifs is 1. The maximum Gasteiger partial charge on any atom is 0.0480 e. The molecule has 1 saturated heterocycles. The molecule has 3 rings (SSSR count). The van der Waals surface area contributed by atoms with Crippen molar-refractivity contribution < 1.29 is 4.74 Å². The van der Waals surface area contributed by atoms with E-state index in [-0.39, 0.29) is 0 Å². The molecule has 3 heteroatoms. The van der Waals surface area contributed by atoms with Gasteiger partial charge in [0.15, 0.2) is 0 Å². The Hall–Kier alpha value is -1.06. The first kappa shape index (κ1) is 12.0. The largest absolute Gasteiger partial charge is 0.384 e. The van der Waals surface area contributed by atoms with E-state index in [2.05, 4.69) is 35.5 Å². The number of ether oxygens (including phenoxy) is 1. The summed E-state index contributed by atoms with van der Waals surface area (Å²) in [6, 6.07) is 7.54. The van der Waals surface area contributed by atoms with Crippen LogP contribution in [0.2, 0.25) is 0 Å². The topological polar surface area (TPSA) is 24.5 Å². The molecule has 0 radical (unpaired) electrons. The third-order valence-electron chi connectivity index (χ3n) is 4.13. The van der Waals surface area contributed by atoms with Crippen LogP contribution < -0.4 is 5.32 Å². The summed E-state index contributed by atoms with van der Waals surface area (Å²) in [5.41, 5.74) is 4.24. The van der Waals surface area contributed by atoms with E-state index in [0.717, 1.165) is 26.3 Å². The highest BCUT2D eigenvalue weighted by Crippen LogP contribution is 2.24. The molecule has 0 bridgehead atoms. The highest BCUT2D eigenvalue weighted by atomic mass is 16.5. The first-order valence-electron chi connectivity index (χ1n) is 6.96. The minimum Gasteiger partial charge on any atom is -0.384 e. The molecule has 0 aromatic heterocycles. The van der Waals surface area contributed by atoms with Crippen LogP contribution in [-0.2, 0) is 17.7 Å². The standard InChI is InChI=1S/C15H22N2O/c1-17(14-5-8-18-9-6-14)11-12-2-3-15-13(10-12)4-7-16-15/h2-3,10,14,16H,4-9,11H2,1H3. The summed E-state index contributed by atoms with van der Waals surface area (Å²) in [5.74, 6) is 0. The van der Waals surface area contributed by atoms with E-state index in [4.69, 9.17) is 4.74 Å². The Morgan fingerprint density at radius 2 is 2.17 bits per heavy atom. The highest BCUT2D eigenvalue weighted by Gasteiger charge is 2.19.